The van der Waals surface area contributed by atoms with Crippen molar-refractivity contribution in [3.8, 4) is 5.75 Å². The Bertz CT molecular complexity index is 344. The number of unbranched alkanes of at least 4 members (excludes halogenated alkanes) is 1. The Labute approximate surface area is 114 Å². The van der Waals surface area contributed by atoms with Gasteiger partial charge in [0.1, 0.15) is 5.75 Å². The molecule has 0 aromatic heterocycles. The smallest absolute Gasteiger partial charge is 0.115 e. The SMILES string of the molecule is CCCCN1CCC(Sc2ccc(O)cc2)CC1. The Morgan fingerprint density at radius 3 is 2.50 bits per heavy atom. The van der Waals surface area contributed by atoms with Crippen molar-refractivity contribution in [3.05, 3.63) is 24.3 Å². The number of likely N-dealkylation sites (tertiary alicyclic amines) is 1. The van der Waals surface area contributed by atoms with Crippen LogP contribution in [0.4, 0.5) is 0 Å². The van der Waals surface area contributed by atoms with Crippen molar-refractivity contribution in [2.24, 2.45) is 0 Å². The van der Waals surface area contributed by atoms with Crippen LogP contribution in [-0.4, -0.2) is 34.9 Å². The van der Waals surface area contributed by atoms with Crippen molar-refractivity contribution in [2.75, 3.05) is 19.6 Å². The maximum Gasteiger partial charge on any atom is 0.115 e. The van der Waals surface area contributed by atoms with Gasteiger partial charge in [-0.15, -0.1) is 11.8 Å². The summed E-state index contributed by atoms with van der Waals surface area (Å²) < 4.78 is 0. The van der Waals surface area contributed by atoms with Crippen molar-refractivity contribution in [1.29, 1.82) is 0 Å². The van der Waals surface area contributed by atoms with E-state index in [0.717, 1.165) is 5.25 Å². The van der Waals surface area contributed by atoms with Crippen LogP contribution in [0.5, 0.6) is 5.75 Å². The van der Waals surface area contributed by atoms with Gasteiger partial charge in [0.05, 0.1) is 0 Å². The first-order valence-corrected chi connectivity index (χ1v) is 7.84. The molecule has 0 atom stereocenters. The quantitative estimate of drug-likeness (QED) is 0.877. The Balaban J connectivity index is 1.74. The minimum absolute atomic E-state index is 0.355. The van der Waals surface area contributed by atoms with Crippen molar-refractivity contribution in [2.45, 2.75) is 42.8 Å². The zero-order valence-electron chi connectivity index (χ0n) is 11.1. The molecule has 1 fully saturated rings. The molecule has 0 saturated carbocycles. The number of phenols is 1. The Hall–Kier alpha value is -0.670. The predicted octanol–water partition coefficient (Wildman–Crippen LogP) is 3.75. The van der Waals surface area contributed by atoms with Gasteiger partial charge in [-0.1, -0.05) is 13.3 Å². The fourth-order valence-electron chi connectivity index (χ4n) is 2.35. The lowest BCUT2D eigenvalue weighted by Gasteiger charge is -2.31. The van der Waals surface area contributed by atoms with E-state index in [-0.39, 0.29) is 0 Å². The van der Waals surface area contributed by atoms with Gasteiger partial charge in [0, 0.05) is 10.1 Å². The normalized spacial score (nSPS) is 18.1. The summed E-state index contributed by atoms with van der Waals surface area (Å²) in [6.45, 7) is 6.02. The van der Waals surface area contributed by atoms with Crippen LogP contribution >= 0.6 is 11.8 Å². The molecule has 1 aromatic carbocycles. The maximum atomic E-state index is 9.26. The van der Waals surface area contributed by atoms with Crippen LogP contribution in [0, 0.1) is 0 Å². The Morgan fingerprint density at radius 2 is 1.89 bits per heavy atom. The van der Waals surface area contributed by atoms with E-state index in [9.17, 15) is 5.11 Å². The molecule has 0 spiro atoms. The van der Waals surface area contributed by atoms with Crippen molar-refractivity contribution >= 4 is 11.8 Å². The molecule has 3 heteroatoms. The first-order chi connectivity index (χ1) is 8.78. The molecule has 0 bridgehead atoms. The second-order valence-corrected chi connectivity index (χ2v) is 6.38. The van der Waals surface area contributed by atoms with Crippen LogP contribution in [0.25, 0.3) is 0 Å². The van der Waals surface area contributed by atoms with E-state index in [1.807, 2.05) is 23.9 Å². The van der Waals surface area contributed by atoms with Crippen LogP contribution < -0.4 is 0 Å². The molecule has 0 aliphatic carbocycles. The van der Waals surface area contributed by atoms with Gasteiger partial charge in [0.25, 0.3) is 0 Å². The zero-order valence-corrected chi connectivity index (χ0v) is 12.0. The number of hydrogen-bond acceptors (Lipinski definition) is 3. The Morgan fingerprint density at radius 1 is 1.22 bits per heavy atom. The summed E-state index contributed by atoms with van der Waals surface area (Å²) in [5.74, 6) is 0.355. The minimum atomic E-state index is 0.355. The molecular weight excluding hydrogens is 242 g/mol. The third kappa shape index (κ3) is 4.21. The van der Waals surface area contributed by atoms with Crippen LogP contribution in [-0.2, 0) is 0 Å². The highest BCUT2D eigenvalue weighted by Gasteiger charge is 2.19. The zero-order chi connectivity index (χ0) is 12.8. The summed E-state index contributed by atoms with van der Waals surface area (Å²) in [6, 6.07) is 7.59. The average molecular weight is 265 g/mol. The highest BCUT2D eigenvalue weighted by molar-refractivity contribution is 8.00. The van der Waals surface area contributed by atoms with Gasteiger partial charge in [0.15, 0.2) is 0 Å². The lowest BCUT2D eigenvalue weighted by atomic mass is 10.1. The van der Waals surface area contributed by atoms with Gasteiger partial charge < -0.3 is 10.0 Å². The van der Waals surface area contributed by atoms with Crippen molar-refractivity contribution in [1.82, 2.24) is 4.90 Å². The number of aromatic hydroxyl groups is 1. The van der Waals surface area contributed by atoms with E-state index < -0.39 is 0 Å². The van der Waals surface area contributed by atoms with Crippen molar-refractivity contribution in [3.63, 3.8) is 0 Å². The summed E-state index contributed by atoms with van der Waals surface area (Å²) in [5.41, 5.74) is 0. The highest BCUT2D eigenvalue weighted by Crippen LogP contribution is 2.31. The summed E-state index contributed by atoms with van der Waals surface area (Å²) >= 11 is 1.96. The fraction of sp³-hybridized carbons (Fsp3) is 0.600. The minimum Gasteiger partial charge on any atom is -0.508 e. The van der Waals surface area contributed by atoms with Crippen LogP contribution in [0.15, 0.2) is 29.2 Å². The molecule has 1 N–H and O–H groups in total. The Kier molecular flexibility index (Phi) is 5.39. The lowest BCUT2D eigenvalue weighted by molar-refractivity contribution is 0.229. The summed E-state index contributed by atoms with van der Waals surface area (Å²) in [6.07, 6.45) is 5.20. The van der Waals surface area contributed by atoms with Gasteiger partial charge >= 0.3 is 0 Å². The molecule has 100 valence electrons. The third-order valence-electron chi connectivity index (χ3n) is 3.50. The molecule has 0 radical (unpaired) electrons. The molecule has 1 aliphatic heterocycles. The number of benzene rings is 1. The molecule has 1 saturated heterocycles. The topological polar surface area (TPSA) is 23.5 Å². The van der Waals surface area contributed by atoms with E-state index in [1.165, 1.54) is 50.2 Å². The molecule has 1 heterocycles. The molecular formula is C15H23NOS. The maximum absolute atomic E-state index is 9.26. The summed E-state index contributed by atoms with van der Waals surface area (Å²) in [7, 11) is 0. The summed E-state index contributed by atoms with van der Waals surface area (Å²) in [5, 5.41) is 10.0. The molecule has 1 aromatic rings. The second-order valence-electron chi connectivity index (χ2n) is 5.01. The van der Waals surface area contributed by atoms with E-state index in [1.54, 1.807) is 12.1 Å². The molecule has 1 aliphatic rings. The molecule has 0 amide bonds. The summed E-state index contributed by atoms with van der Waals surface area (Å²) in [4.78, 5) is 3.87. The lowest BCUT2D eigenvalue weighted by Crippen LogP contribution is -2.35. The van der Waals surface area contributed by atoms with Crippen LogP contribution in [0.1, 0.15) is 32.6 Å². The van der Waals surface area contributed by atoms with Crippen molar-refractivity contribution < 1.29 is 5.11 Å². The monoisotopic (exact) mass is 265 g/mol. The number of hydrogen-bond donors (Lipinski definition) is 1. The highest BCUT2D eigenvalue weighted by atomic mass is 32.2. The molecule has 0 unspecified atom stereocenters. The van der Waals surface area contributed by atoms with Crippen LogP contribution in [0.2, 0.25) is 0 Å². The van der Waals surface area contributed by atoms with Crippen LogP contribution in [0.3, 0.4) is 0 Å². The standard InChI is InChI=1S/C15H23NOS/c1-2-3-10-16-11-8-15(9-12-16)18-14-6-4-13(17)5-7-14/h4-7,15,17H,2-3,8-12H2,1H3. The number of rotatable bonds is 5. The molecule has 18 heavy (non-hydrogen) atoms. The van der Waals surface area contributed by atoms with E-state index in [4.69, 9.17) is 0 Å². The number of piperidine rings is 1. The van der Waals surface area contributed by atoms with Gasteiger partial charge in [-0.2, -0.15) is 0 Å². The molecule has 2 rings (SSSR count). The van der Waals surface area contributed by atoms with Gasteiger partial charge in [-0.3, -0.25) is 0 Å². The van der Waals surface area contributed by atoms with Gasteiger partial charge in [-0.05, 0) is 63.2 Å². The van der Waals surface area contributed by atoms with Gasteiger partial charge in [0.2, 0.25) is 0 Å². The fourth-order valence-corrected chi connectivity index (χ4v) is 3.47. The predicted molar refractivity (Wildman–Crippen MR) is 78.3 cm³/mol. The number of nitrogens with zero attached hydrogens (tertiary/aromatic N) is 1. The van der Waals surface area contributed by atoms with Gasteiger partial charge in [-0.25, -0.2) is 0 Å². The molecule has 2 nitrogen and oxygen atoms in total. The first kappa shape index (κ1) is 13.8. The third-order valence-corrected chi connectivity index (χ3v) is 4.85. The van der Waals surface area contributed by atoms with E-state index in [0.29, 0.717) is 5.75 Å². The first-order valence-electron chi connectivity index (χ1n) is 6.96. The van der Waals surface area contributed by atoms with E-state index >= 15 is 0 Å². The second kappa shape index (κ2) is 7.05. The number of phenolic OH excluding ortho intramolecular Hbond substituents is 1. The van der Waals surface area contributed by atoms with E-state index in [2.05, 4.69) is 11.8 Å². The number of thioether (sulfide) groups is 1. The average Bonchev–Trinajstić information content (AvgIpc) is 2.41. The largest absolute Gasteiger partial charge is 0.508 e.